The molecule has 0 aromatic carbocycles. The molecule has 1 aromatic rings. The van der Waals surface area contributed by atoms with Gasteiger partial charge in [0.2, 0.25) is 0 Å². The monoisotopic (exact) mass is 197 g/mol. The van der Waals surface area contributed by atoms with Crippen LogP contribution in [0.25, 0.3) is 0 Å². The molecule has 0 saturated heterocycles. The maximum atomic E-state index is 10.9. The maximum absolute atomic E-state index is 10.9. The van der Waals surface area contributed by atoms with Crippen molar-refractivity contribution in [2.24, 2.45) is 0 Å². The number of rotatable bonds is 2. The van der Waals surface area contributed by atoms with Crippen LogP contribution in [0.1, 0.15) is 18.3 Å². The molecule has 1 rings (SSSR count). The summed E-state index contributed by atoms with van der Waals surface area (Å²) in [6.07, 6.45) is -0.822. The summed E-state index contributed by atoms with van der Waals surface area (Å²) in [5.74, 6) is 0. The molecule has 0 aliphatic heterocycles. The van der Waals surface area contributed by atoms with Crippen molar-refractivity contribution in [2.45, 2.75) is 20.8 Å². The van der Waals surface area contributed by atoms with Gasteiger partial charge in [-0.2, -0.15) is 4.98 Å². The Bertz CT molecular complexity index is 341. The van der Waals surface area contributed by atoms with E-state index in [0.717, 1.165) is 0 Å². The average Bonchev–Trinajstić information content (AvgIpc) is 2.12. The van der Waals surface area contributed by atoms with Gasteiger partial charge >= 0.3 is 12.2 Å². The first-order valence-electron chi connectivity index (χ1n) is 4.16. The van der Waals surface area contributed by atoms with Gasteiger partial charge in [-0.3, -0.25) is 0 Å². The molecule has 1 heterocycles. The first-order chi connectivity index (χ1) is 6.63. The van der Waals surface area contributed by atoms with E-state index in [-0.39, 0.29) is 12.6 Å². The highest BCUT2D eigenvalue weighted by molar-refractivity contribution is 5.62. The van der Waals surface area contributed by atoms with Crippen molar-refractivity contribution in [3.8, 4) is 6.01 Å². The molecule has 0 atom stereocenters. The topological polar surface area (TPSA) is 74.2 Å². The van der Waals surface area contributed by atoms with Crippen molar-refractivity contribution in [3.05, 3.63) is 11.4 Å². The Morgan fingerprint density at radius 3 is 2.57 bits per heavy atom. The minimum absolute atomic E-state index is 0.0912. The van der Waals surface area contributed by atoms with Gasteiger partial charge in [0, 0.05) is 0 Å². The predicted octanol–water partition coefficient (Wildman–Crippen LogP) is 1.02. The van der Waals surface area contributed by atoms with Gasteiger partial charge in [-0.25, -0.2) is 4.79 Å². The quantitative estimate of drug-likeness (QED) is 0.659. The lowest BCUT2D eigenvalue weighted by Gasteiger charge is -2.02. The molecule has 0 aliphatic rings. The fourth-order valence-corrected chi connectivity index (χ4v) is 0.702. The Hall–Kier alpha value is -1.72. The molecule has 0 bridgehead atoms. The summed E-state index contributed by atoms with van der Waals surface area (Å²) in [5.41, 5.74) is 1.36. The third-order valence-corrected chi connectivity index (χ3v) is 1.51. The van der Waals surface area contributed by atoms with Gasteiger partial charge in [-0.15, -0.1) is 5.10 Å². The second-order valence-corrected chi connectivity index (χ2v) is 2.55. The molecular formula is C8H11N3O3. The van der Waals surface area contributed by atoms with Gasteiger partial charge in [0.25, 0.3) is 0 Å². The smallest absolute Gasteiger partial charge is 0.434 e. The van der Waals surface area contributed by atoms with Crippen LogP contribution in [0.3, 0.4) is 0 Å². The highest BCUT2D eigenvalue weighted by Gasteiger charge is 2.08. The Morgan fingerprint density at radius 1 is 1.29 bits per heavy atom. The fraction of sp³-hybridized carbons (Fsp3) is 0.500. The predicted molar refractivity (Wildman–Crippen MR) is 47.0 cm³/mol. The first kappa shape index (κ1) is 10.4. The average molecular weight is 197 g/mol. The molecule has 6 heteroatoms. The van der Waals surface area contributed by atoms with E-state index in [2.05, 4.69) is 24.7 Å². The van der Waals surface area contributed by atoms with Gasteiger partial charge in [-0.1, -0.05) is 5.10 Å². The van der Waals surface area contributed by atoms with Crippen LogP contribution in [0.2, 0.25) is 0 Å². The molecule has 0 aliphatic carbocycles. The van der Waals surface area contributed by atoms with E-state index in [9.17, 15) is 4.79 Å². The summed E-state index contributed by atoms with van der Waals surface area (Å²) in [6.45, 7) is 5.45. The minimum Gasteiger partial charge on any atom is -0.434 e. The van der Waals surface area contributed by atoms with E-state index in [0.29, 0.717) is 11.4 Å². The lowest BCUT2D eigenvalue weighted by atomic mass is 10.4. The van der Waals surface area contributed by atoms with Crippen LogP contribution >= 0.6 is 0 Å². The van der Waals surface area contributed by atoms with Gasteiger partial charge in [0.05, 0.1) is 18.0 Å². The summed E-state index contributed by atoms with van der Waals surface area (Å²) in [4.78, 5) is 14.8. The highest BCUT2D eigenvalue weighted by Crippen LogP contribution is 2.04. The summed E-state index contributed by atoms with van der Waals surface area (Å²) in [6, 6.07) is -0.0912. The number of aryl methyl sites for hydroxylation is 2. The normalized spacial score (nSPS) is 9.64. The van der Waals surface area contributed by atoms with E-state index >= 15 is 0 Å². The number of nitrogens with zero attached hydrogens (tertiary/aromatic N) is 3. The summed E-state index contributed by atoms with van der Waals surface area (Å²) in [5, 5.41) is 7.32. The van der Waals surface area contributed by atoms with Crippen LogP contribution in [-0.4, -0.2) is 27.9 Å². The third-order valence-electron chi connectivity index (χ3n) is 1.51. The van der Waals surface area contributed by atoms with E-state index in [1.165, 1.54) is 0 Å². The lowest BCUT2D eigenvalue weighted by molar-refractivity contribution is 0.100. The van der Waals surface area contributed by atoms with Gasteiger partial charge in [-0.05, 0) is 20.8 Å². The molecule has 0 N–H and O–H groups in total. The Kier molecular flexibility index (Phi) is 3.33. The van der Waals surface area contributed by atoms with Gasteiger partial charge in [0.15, 0.2) is 0 Å². The second kappa shape index (κ2) is 4.50. The molecule has 0 fully saturated rings. The standard InChI is InChI=1S/C8H11N3O3/c1-4-13-8(12)14-7-9-5(2)6(3)10-11-7/h4H2,1-3H3. The van der Waals surface area contributed by atoms with Crippen molar-refractivity contribution in [2.75, 3.05) is 6.61 Å². The lowest BCUT2D eigenvalue weighted by Crippen LogP contribution is -2.13. The van der Waals surface area contributed by atoms with Crippen LogP contribution in [0.5, 0.6) is 6.01 Å². The van der Waals surface area contributed by atoms with E-state index in [1.807, 2.05) is 0 Å². The largest absolute Gasteiger partial charge is 0.516 e. The summed E-state index contributed by atoms with van der Waals surface area (Å²) in [7, 11) is 0. The molecule has 6 nitrogen and oxygen atoms in total. The van der Waals surface area contributed by atoms with Gasteiger partial charge < -0.3 is 9.47 Å². The van der Waals surface area contributed by atoms with Crippen molar-refractivity contribution in [1.82, 2.24) is 15.2 Å². The number of hydrogen-bond acceptors (Lipinski definition) is 6. The molecule has 1 aromatic heterocycles. The van der Waals surface area contributed by atoms with Crippen molar-refractivity contribution < 1.29 is 14.3 Å². The van der Waals surface area contributed by atoms with Crippen LogP contribution in [0, 0.1) is 13.8 Å². The van der Waals surface area contributed by atoms with Gasteiger partial charge in [0.1, 0.15) is 0 Å². The van der Waals surface area contributed by atoms with Crippen molar-refractivity contribution >= 4 is 6.16 Å². The van der Waals surface area contributed by atoms with E-state index < -0.39 is 6.16 Å². The fourth-order valence-electron chi connectivity index (χ4n) is 0.702. The molecule has 0 spiro atoms. The molecule has 0 radical (unpaired) electrons. The van der Waals surface area contributed by atoms with E-state index in [4.69, 9.17) is 0 Å². The van der Waals surface area contributed by atoms with E-state index in [1.54, 1.807) is 20.8 Å². The number of ether oxygens (including phenoxy) is 2. The maximum Gasteiger partial charge on any atom is 0.516 e. The van der Waals surface area contributed by atoms with Crippen LogP contribution < -0.4 is 4.74 Å². The Morgan fingerprint density at radius 2 is 2.00 bits per heavy atom. The first-order valence-corrected chi connectivity index (χ1v) is 4.16. The molecule has 14 heavy (non-hydrogen) atoms. The summed E-state index contributed by atoms with van der Waals surface area (Å²) < 4.78 is 9.19. The third kappa shape index (κ3) is 2.65. The molecule has 0 amide bonds. The second-order valence-electron chi connectivity index (χ2n) is 2.55. The van der Waals surface area contributed by atoms with Crippen molar-refractivity contribution in [1.29, 1.82) is 0 Å². The SMILES string of the molecule is CCOC(=O)Oc1nnc(C)c(C)n1. The minimum atomic E-state index is -0.822. The number of carbonyl (C=O) groups is 1. The molecule has 76 valence electrons. The zero-order chi connectivity index (χ0) is 10.6. The van der Waals surface area contributed by atoms with Crippen LogP contribution in [0.4, 0.5) is 4.79 Å². The zero-order valence-electron chi connectivity index (χ0n) is 8.27. The van der Waals surface area contributed by atoms with Crippen LogP contribution in [-0.2, 0) is 4.74 Å². The van der Waals surface area contributed by atoms with Crippen molar-refractivity contribution in [3.63, 3.8) is 0 Å². The number of carbonyl (C=O) groups excluding carboxylic acids is 1. The Labute approximate surface area is 81.3 Å². The molecule has 0 saturated carbocycles. The number of aromatic nitrogens is 3. The zero-order valence-corrected chi connectivity index (χ0v) is 8.27. The Balaban J connectivity index is 2.68. The molecule has 0 unspecified atom stereocenters. The van der Waals surface area contributed by atoms with Crippen LogP contribution in [0.15, 0.2) is 0 Å². The highest BCUT2D eigenvalue weighted by atomic mass is 16.7. The number of hydrogen-bond donors (Lipinski definition) is 0. The summed E-state index contributed by atoms with van der Waals surface area (Å²) >= 11 is 0. The molecular weight excluding hydrogens is 186 g/mol.